The normalized spacial score (nSPS) is 12.3. The van der Waals surface area contributed by atoms with Crippen molar-refractivity contribution in [3.05, 3.63) is 35.4 Å². The lowest BCUT2D eigenvalue weighted by Gasteiger charge is -2.12. The fraction of sp³-hybridized carbons (Fsp3) is 0.462. The van der Waals surface area contributed by atoms with Crippen LogP contribution in [0.4, 0.5) is 8.78 Å². The van der Waals surface area contributed by atoms with E-state index in [4.69, 9.17) is 0 Å². The van der Waals surface area contributed by atoms with Gasteiger partial charge in [0.2, 0.25) is 10.0 Å². The molecule has 1 aromatic rings. The molecular weight excluding hydrogens is 314 g/mol. The van der Waals surface area contributed by atoms with E-state index < -0.39 is 21.7 Å². The third kappa shape index (κ3) is 7.32. The number of guanidine groups is 1. The highest BCUT2D eigenvalue weighted by molar-refractivity contribution is 7.88. The van der Waals surface area contributed by atoms with Crippen molar-refractivity contribution >= 4 is 16.0 Å². The summed E-state index contributed by atoms with van der Waals surface area (Å²) in [5.41, 5.74) is 0.196. The molecule has 0 unspecified atom stereocenters. The van der Waals surface area contributed by atoms with Crippen molar-refractivity contribution in [2.45, 2.75) is 13.0 Å². The Morgan fingerprint density at radius 3 is 2.59 bits per heavy atom. The number of nitrogens with one attached hydrogen (secondary N) is 3. The molecule has 0 aliphatic carbocycles. The first-order valence-electron chi connectivity index (χ1n) is 6.65. The van der Waals surface area contributed by atoms with Crippen molar-refractivity contribution in [3.63, 3.8) is 0 Å². The SMILES string of the molecule is CN=C(NCCCNS(C)(=O)=O)NCc1cc(F)ccc1F. The molecule has 0 atom stereocenters. The molecule has 0 fully saturated rings. The van der Waals surface area contributed by atoms with Gasteiger partial charge in [0.15, 0.2) is 5.96 Å². The molecule has 0 aromatic heterocycles. The first-order chi connectivity index (χ1) is 10.3. The molecule has 0 bridgehead atoms. The molecule has 0 heterocycles. The minimum absolute atomic E-state index is 0.0882. The van der Waals surface area contributed by atoms with Crippen LogP contribution < -0.4 is 15.4 Å². The van der Waals surface area contributed by atoms with Crippen LogP contribution in [0.5, 0.6) is 0 Å². The Kier molecular flexibility index (Phi) is 7.19. The van der Waals surface area contributed by atoms with Gasteiger partial charge < -0.3 is 10.6 Å². The van der Waals surface area contributed by atoms with E-state index in [-0.39, 0.29) is 12.1 Å². The maximum Gasteiger partial charge on any atom is 0.208 e. The molecule has 0 radical (unpaired) electrons. The predicted molar refractivity (Wildman–Crippen MR) is 82.0 cm³/mol. The van der Waals surface area contributed by atoms with Crippen molar-refractivity contribution in [2.24, 2.45) is 4.99 Å². The van der Waals surface area contributed by atoms with Crippen LogP contribution in [-0.4, -0.2) is 40.8 Å². The van der Waals surface area contributed by atoms with Crippen molar-refractivity contribution in [3.8, 4) is 0 Å². The van der Waals surface area contributed by atoms with E-state index >= 15 is 0 Å². The summed E-state index contributed by atoms with van der Waals surface area (Å²) in [6, 6.07) is 3.24. The van der Waals surface area contributed by atoms with Crippen molar-refractivity contribution < 1.29 is 17.2 Å². The summed E-state index contributed by atoms with van der Waals surface area (Å²) < 4.78 is 50.6. The molecule has 0 saturated carbocycles. The van der Waals surface area contributed by atoms with E-state index in [1.807, 2.05) is 0 Å². The first-order valence-corrected chi connectivity index (χ1v) is 8.54. The summed E-state index contributed by atoms with van der Waals surface area (Å²) in [6.45, 7) is 0.875. The van der Waals surface area contributed by atoms with Crippen LogP contribution in [0.1, 0.15) is 12.0 Å². The summed E-state index contributed by atoms with van der Waals surface area (Å²) in [6.07, 6.45) is 1.65. The summed E-state index contributed by atoms with van der Waals surface area (Å²) in [5, 5.41) is 5.80. The maximum absolute atomic E-state index is 13.5. The van der Waals surface area contributed by atoms with Gasteiger partial charge in [-0.25, -0.2) is 21.9 Å². The van der Waals surface area contributed by atoms with Crippen LogP contribution in [0.2, 0.25) is 0 Å². The Balaban J connectivity index is 2.35. The standard InChI is InChI=1S/C13H20F2N4O2S/c1-16-13(17-6-3-7-19-22(2,20)21)18-9-10-8-11(14)4-5-12(10)15/h4-5,8,19H,3,6-7,9H2,1-2H3,(H2,16,17,18). The van der Waals surface area contributed by atoms with Crippen LogP contribution in [0.25, 0.3) is 0 Å². The number of sulfonamides is 1. The van der Waals surface area contributed by atoms with Crippen LogP contribution >= 0.6 is 0 Å². The highest BCUT2D eigenvalue weighted by Crippen LogP contribution is 2.08. The monoisotopic (exact) mass is 334 g/mol. The number of rotatable bonds is 7. The smallest absolute Gasteiger partial charge is 0.208 e. The Labute approximate surface area is 129 Å². The summed E-state index contributed by atoms with van der Waals surface area (Å²) >= 11 is 0. The van der Waals surface area contributed by atoms with E-state index in [1.54, 1.807) is 7.05 Å². The largest absolute Gasteiger partial charge is 0.356 e. The minimum Gasteiger partial charge on any atom is -0.356 e. The van der Waals surface area contributed by atoms with Crippen LogP contribution in [0, 0.1) is 11.6 Å². The molecule has 0 spiro atoms. The van der Waals surface area contributed by atoms with Crippen molar-refractivity contribution in [1.82, 2.24) is 15.4 Å². The zero-order valence-corrected chi connectivity index (χ0v) is 13.3. The number of aliphatic imine (C=N–C) groups is 1. The lowest BCUT2D eigenvalue weighted by Crippen LogP contribution is -2.38. The number of benzene rings is 1. The Bertz CT molecular complexity index is 620. The Morgan fingerprint density at radius 2 is 1.95 bits per heavy atom. The van der Waals surface area contributed by atoms with Gasteiger partial charge in [0, 0.05) is 32.2 Å². The van der Waals surface area contributed by atoms with Crippen molar-refractivity contribution in [2.75, 3.05) is 26.4 Å². The molecule has 3 N–H and O–H groups in total. The molecule has 0 aliphatic heterocycles. The predicted octanol–water partition coefficient (Wildman–Crippen LogP) is 0.569. The quantitative estimate of drug-likeness (QED) is 0.387. The molecule has 0 saturated heterocycles. The Morgan fingerprint density at radius 1 is 1.23 bits per heavy atom. The third-order valence-corrected chi connectivity index (χ3v) is 3.42. The van der Waals surface area contributed by atoms with Gasteiger partial charge in [-0.15, -0.1) is 0 Å². The van der Waals surface area contributed by atoms with Gasteiger partial charge in [-0.1, -0.05) is 0 Å². The van der Waals surface area contributed by atoms with Gasteiger partial charge in [0.05, 0.1) is 6.26 Å². The highest BCUT2D eigenvalue weighted by Gasteiger charge is 2.05. The molecule has 124 valence electrons. The van der Waals surface area contributed by atoms with E-state index in [2.05, 4.69) is 20.3 Å². The van der Waals surface area contributed by atoms with E-state index in [0.717, 1.165) is 24.5 Å². The van der Waals surface area contributed by atoms with Gasteiger partial charge in [0.25, 0.3) is 0 Å². The van der Waals surface area contributed by atoms with Crippen LogP contribution in [-0.2, 0) is 16.6 Å². The summed E-state index contributed by atoms with van der Waals surface area (Å²) in [5.74, 6) is -0.585. The lowest BCUT2D eigenvalue weighted by atomic mass is 10.2. The fourth-order valence-corrected chi connectivity index (χ4v) is 2.15. The molecule has 1 rings (SSSR count). The van der Waals surface area contributed by atoms with Gasteiger partial charge in [-0.3, -0.25) is 4.99 Å². The molecule has 1 aromatic carbocycles. The van der Waals surface area contributed by atoms with E-state index in [0.29, 0.717) is 25.5 Å². The maximum atomic E-state index is 13.5. The lowest BCUT2D eigenvalue weighted by molar-refractivity contribution is 0.580. The number of nitrogens with zero attached hydrogens (tertiary/aromatic N) is 1. The van der Waals surface area contributed by atoms with Crippen molar-refractivity contribution in [1.29, 1.82) is 0 Å². The molecular formula is C13H20F2N4O2S. The van der Waals surface area contributed by atoms with E-state index in [1.165, 1.54) is 0 Å². The topological polar surface area (TPSA) is 82.6 Å². The van der Waals surface area contributed by atoms with Gasteiger partial charge in [-0.2, -0.15) is 0 Å². The Hall–Kier alpha value is -1.74. The second-order valence-electron chi connectivity index (χ2n) is 4.61. The second-order valence-corrected chi connectivity index (χ2v) is 6.44. The molecule has 22 heavy (non-hydrogen) atoms. The van der Waals surface area contributed by atoms with Gasteiger partial charge in [-0.05, 0) is 24.6 Å². The zero-order chi connectivity index (χ0) is 16.6. The number of hydrogen-bond donors (Lipinski definition) is 3. The van der Waals surface area contributed by atoms with E-state index in [9.17, 15) is 17.2 Å². The van der Waals surface area contributed by atoms with Gasteiger partial charge in [0.1, 0.15) is 11.6 Å². The summed E-state index contributed by atoms with van der Waals surface area (Å²) in [4.78, 5) is 3.94. The zero-order valence-electron chi connectivity index (χ0n) is 12.5. The average Bonchev–Trinajstić information content (AvgIpc) is 2.44. The molecule has 9 heteroatoms. The van der Waals surface area contributed by atoms with Gasteiger partial charge >= 0.3 is 0 Å². The number of hydrogen-bond acceptors (Lipinski definition) is 3. The van der Waals surface area contributed by atoms with Crippen LogP contribution in [0.15, 0.2) is 23.2 Å². The molecule has 0 amide bonds. The average molecular weight is 334 g/mol. The highest BCUT2D eigenvalue weighted by atomic mass is 32.2. The third-order valence-electron chi connectivity index (χ3n) is 2.69. The van der Waals surface area contributed by atoms with Crippen LogP contribution in [0.3, 0.4) is 0 Å². The number of halogens is 2. The first kappa shape index (κ1) is 18.3. The summed E-state index contributed by atoms with van der Waals surface area (Å²) in [7, 11) is -1.64. The molecule has 0 aliphatic rings. The minimum atomic E-state index is -3.19. The molecule has 6 nitrogen and oxygen atoms in total. The fourth-order valence-electron chi connectivity index (χ4n) is 1.63. The second kappa shape index (κ2) is 8.64.